The predicted octanol–water partition coefficient (Wildman–Crippen LogP) is -0.358. The second kappa shape index (κ2) is 8.02. The minimum absolute atomic E-state index is 0.186. The number of amides is 1. The van der Waals surface area contributed by atoms with E-state index in [0.29, 0.717) is 36.1 Å². The van der Waals surface area contributed by atoms with Crippen molar-refractivity contribution in [2.75, 3.05) is 19.6 Å². The van der Waals surface area contributed by atoms with E-state index in [0.717, 1.165) is 26.1 Å². The Morgan fingerprint density at radius 3 is 3.12 bits per heavy atom. The summed E-state index contributed by atoms with van der Waals surface area (Å²) < 4.78 is 1.73. The van der Waals surface area contributed by atoms with Gasteiger partial charge in [0.15, 0.2) is 5.69 Å². The molecule has 2 aromatic rings. The molecule has 9 heteroatoms. The molecule has 3 rings (SSSR count). The Morgan fingerprint density at radius 1 is 1.48 bits per heavy atom. The first-order valence-electron chi connectivity index (χ1n) is 8.56. The predicted molar refractivity (Wildman–Crippen MR) is 91.2 cm³/mol. The van der Waals surface area contributed by atoms with Crippen LogP contribution in [0.4, 0.5) is 0 Å². The number of aromatic amines is 1. The second-order valence-corrected chi connectivity index (χ2v) is 6.37. The summed E-state index contributed by atoms with van der Waals surface area (Å²) in [5.74, 6) is 0.820. The number of aromatic nitrogens is 5. The van der Waals surface area contributed by atoms with Gasteiger partial charge in [0.2, 0.25) is 0 Å². The highest BCUT2D eigenvalue weighted by Crippen LogP contribution is 2.11. The largest absolute Gasteiger partial charge is 0.350 e. The fraction of sp³-hybridized carbons (Fsp3) is 0.562. The van der Waals surface area contributed by atoms with Crippen molar-refractivity contribution in [2.24, 2.45) is 5.92 Å². The van der Waals surface area contributed by atoms with E-state index in [-0.39, 0.29) is 11.5 Å². The third-order valence-corrected chi connectivity index (χ3v) is 4.20. The molecule has 134 valence electrons. The lowest BCUT2D eigenvalue weighted by molar-refractivity contribution is 0.0949. The van der Waals surface area contributed by atoms with Crippen LogP contribution >= 0.6 is 0 Å². The molecule has 3 heterocycles. The van der Waals surface area contributed by atoms with E-state index in [9.17, 15) is 9.59 Å². The highest BCUT2D eigenvalue weighted by molar-refractivity contribution is 5.91. The molecule has 0 aromatic carbocycles. The monoisotopic (exact) mass is 345 g/mol. The average molecular weight is 345 g/mol. The molecule has 3 N–H and O–H groups in total. The number of hydrogen-bond acceptors (Lipinski definition) is 6. The number of nitrogens with one attached hydrogen (secondary N) is 3. The zero-order valence-electron chi connectivity index (χ0n) is 14.3. The SMILES string of the molecule is Cc1nc(CCNC(=O)c2cn(C[C@@H]3CCCNC3)nn2)cc(=O)[nH]1. The van der Waals surface area contributed by atoms with Crippen LogP contribution in [0.5, 0.6) is 0 Å². The van der Waals surface area contributed by atoms with Crippen LogP contribution in [0, 0.1) is 12.8 Å². The Morgan fingerprint density at radius 2 is 2.36 bits per heavy atom. The molecule has 0 bridgehead atoms. The number of rotatable bonds is 6. The van der Waals surface area contributed by atoms with Gasteiger partial charge in [-0.3, -0.25) is 14.3 Å². The van der Waals surface area contributed by atoms with Gasteiger partial charge in [0.1, 0.15) is 5.82 Å². The molecular weight excluding hydrogens is 322 g/mol. The lowest BCUT2D eigenvalue weighted by Gasteiger charge is -2.22. The van der Waals surface area contributed by atoms with Gasteiger partial charge in [0.25, 0.3) is 11.5 Å². The second-order valence-electron chi connectivity index (χ2n) is 6.37. The molecule has 1 aliphatic rings. The Labute approximate surface area is 145 Å². The Bertz CT molecular complexity index is 777. The summed E-state index contributed by atoms with van der Waals surface area (Å²) in [6.45, 7) is 4.92. The van der Waals surface area contributed by atoms with Crippen LogP contribution in [-0.2, 0) is 13.0 Å². The maximum Gasteiger partial charge on any atom is 0.273 e. The molecule has 9 nitrogen and oxygen atoms in total. The molecule has 1 aliphatic heterocycles. The molecule has 0 radical (unpaired) electrons. The van der Waals surface area contributed by atoms with E-state index in [1.165, 1.54) is 12.5 Å². The van der Waals surface area contributed by atoms with Crippen molar-refractivity contribution in [1.29, 1.82) is 0 Å². The summed E-state index contributed by atoms with van der Waals surface area (Å²) in [5, 5.41) is 14.1. The summed E-state index contributed by atoms with van der Waals surface area (Å²) in [7, 11) is 0. The number of H-pyrrole nitrogens is 1. The van der Waals surface area contributed by atoms with Crippen molar-refractivity contribution >= 4 is 5.91 Å². The van der Waals surface area contributed by atoms with Crippen LogP contribution in [0.15, 0.2) is 17.1 Å². The number of piperidine rings is 1. The van der Waals surface area contributed by atoms with E-state index in [2.05, 4.69) is 30.9 Å². The van der Waals surface area contributed by atoms with E-state index in [4.69, 9.17) is 0 Å². The minimum atomic E-state index is -0.269. The van der Waals surface area contributed by atoms with Crippen LogP contribution in [0.3, 0.4) is 0 Å². The summed E-state index contributed by atoms with van der Waals surface area (Å²) >= 11 is 0. The summed E-state index contributed by atoms with van der Waals surface area (Å²) in [6.07, 6.45) is 4.50. The lowest BCUT2D eigenvalue weighted by Crippen LogP contribution is -2.32. The van der Waals surface area contributed by atoms with Crippen LogP contribution in [0.25, 0.3) is 0 Å². The average Bonchev–Trinajstić information content (AvgIpc) is 3.03. The van der Waals surface area contributed by atoms with Crippen molar-refractivity contribution in [3.05, 3.63) is 39.8 Å². The maximum atomic E-state index is 12.1. The fourth-order valence-corrected chi connectivity index (χ4v) is 3.00. The van der Waals surface area contributed by atoms with Gasteiger partial charge in [-0.1, -0.05) is 5.21 Å². The number of carbonyl (C=O) groups is 1. The lowest BCUT2D eigenvalue weighted by atomic mass is 10.00. The normalized spacial score (nSPS) is 17.4. The molecule has 0 aliphatic carbocycles. The van der Waals surface area contributed by atoms with Crippen LogP contribution in [0.1, 0.15) is 34.8 Å². The Hall–Kier alpha value is -2.55. The first kappa shape index (κ1) is 17.3. The van der Waals surface area contributed by atoms with E-state index >= 15 is 0 Å². The van der Waals surface area contributed by atoms with Crippen molar-refractivity contribution in [3.8, 4) is 0 Å². The van der Waals surface area contributed by atoms with Crippen LogP contribution in [0.2, 0.25) is 0 Å². The Kier molecular flexibility index (Phi) is 5.54. The molecule has 25 heavy (non-hydrogen) atoms. The molecule has 1 amide bonds. The molecular formula is C16H23N7O2. The molecule has 2 aromatic heterocycles. The van der Waals surface area contributed by atoms with Crippen LogP contribution in [-0.4, -0.2) is 50.5 Å². The molecule has 0 spiro atoms. The number of carbonyl (C=O) groups excluding carboxylic acids is 1. The van der Waals surface area contributed by atoms with Gasteiger partial charge in [-0.05, 0) is 38.8 Å². The van der Waals surface area contributed by atoms with Gasteiger partial charge >= 0.3 is 0 Å². The van der Waals surface area contributed by atoms with Crippen molar-refractivity contribution in [2.45, 2.75) is 32.7 Å². The van der Waals surface area contributed by atoms with E-state index in [1.807, 2.05) is 0 Å². The fourth-order valence-electron chi connectivity index (χ4n) is 3.00. The highest BCUT2D eigenvalue weighted by Gasteiger charge is 2.16. The highest BCUT2D eigenvalue weighted by atomic mass is 16.2. The minimum Gasteiger partial charge on any atom is -0.350 e. The molecule has 1 fully saturated rings. The van der Waals surface area contributed by atoms with Gasteiger partial charge in [0.05, 0.1) is 6.20 Å². The first-order valence-corrected chi connectivity index (χ1v) is 8.56. The van der Waals surface area contributed by atoms with E-state index in [1.54, 1.807) is 17.8 Å². The Balaban J connectivity index is 1.48. The molecule has 1 atom stereocenters. The topological polar surface area (TPSA) is 118 Å². The van der Waals surface area contributed by atoms with Crippen LogP contribution < -0.4 is 16.2 Å². The zero-order valence-corrected chi connectivity index (χ0v) is 14.3. The maximum absolute atomic E-state index is 12.1. The number of hydrogen-bond donors (Lipinski definition) is 3. The molecule has 0 saturated carbocycles. The van der Waals surface area contributed by atoms with E-state index < -0.39 is 0 Å². The first-order chi connectivity index (χ1) is 12.1. The van der Waals surface area contributed by atoms with Gasteiger partial charge in [-0.15, -0.1) is 5.10 Å². The summed E-state index contributed by atoms with van der Waals surface area (Å²) in [4.78, 5) is 30.4. The quantitative estimate of drug-likeness (QED) is 0.658. The summed E-state index contributed by atoms with van der Waals surface area (Å²) in [5.41, 5.74) is 0.766. The zero-order chi connectivity index (χ0) is 17.6. The number of aryl methyl sites for hydroxylation is 1. The third kappa shape index (κ3) is 4.96. The molecule has 0 unspecified atom stereocenters. The van der Waals surface area contributed by atoms with Gasteiger partial charge in [0, 0.05) is 31.3 Å². The van der Waals surface area contributed by atoms with Gasteiger partial charge in [-0.2, -0.15) is 0 Å². The smallest absolute Gasteiger partial charge is 0.273 e. The van der Waals surface area contributed by atoms with Crippen molar-refractivity contribution < 1.29 is 4.79 Å². The standard InChI is InChI=1S/C16H23N7O2/c1-11-19-13(7-15(24)20-11)4-6-18-16(25)14-10-23(22-21-14)9-12-3-2-5-17-8-12/h7,10,12,17H,2-6,8-9H2,1H3,(H,18,25)(H,19,20,24)/t12-/m1/s1. The summed E-state index contributed by atoms with van der Waals surface area (Å²) in [6, 6.07) is 1.44. The van der Waals surface area contributed by atoms with Gasteiger partial charge < -0.3 is 15.6 Å². The van der Waals surface area contributed by atoms with Crippen molar-refractivity contribution in [1.82, 2.24) is 35.6 Å². The van der Waals surface area contributed by atoms with Crippen molar-refractivity contribution in [3.63, 3.8) is 0 Å². The third-order valence-electron chi connectivity index (χ3n) is 4.20. The number of nitrogens with zero attached hydrogens (tertiary/aromatic N) is 4. The van der Waals surface area contributed by atoms with Gasteiger partial charge in [-0.25, -0.2) is 4.98 Å². The molecule has 1 saturated heterocycles.